The van der Waals surface area contributed by atoms with Crippen LogP contribution in [-0.2, 0) is 11.2 Å². The number of carbonyl (C=O) groups is 1. The van der Waals surface area contributed by atoms with Crippen molar-refractivity contribution in [3.8, 4) is 5.75 Å². The smallest absolute Gasteiger partial charge is 0.279 e. The molecule has 0 spiro atoms. The number of hydrogen-bond acceptors (Lipinski definition) is 4. The summed E-state index contributed by atoms with van der Waals surface area (Å²) < 4.78 is 5.88. The molecule has 5 heteroatoms. The molecule has 0 saturated heterocycles. The first kappa shape index (κ1) is 15.0. The lowest BCUT2D eigenvalue weighted by Crippen LogP contribution is -2.37. The van der Waals surface area contributed by atoms with Crippen molar-refractivity contribution in [2.45, 2.75) is 26.4 Å². The van der Waals surface area contributed by atoms with Crippen LogP contribution in [0.15, 0.2) is 42.5 Å². The van der Waals surface area contributed by atoms with Gasteiger partial charge in [-0.15, -0.1) is 0 Å². The van der Waals surface area contributed by atoms with E-state index in [2.05, 4.69) is 10.4 Å². The fourth-order valence-electron chi connectivity index (χ4n) is 2.06. The molecular formula is C16H19N3O2. The van der Waals surface area contributed by atoms with Crippen LogP contribution in [0, 0.1) is 6.92 Å². The van der Waals surface area contributed by atoms with Crippen molar-refractivity contribution in [1.82, 2.24) is 10.4 Å². The topological polar surface area (TPSA) is 77.2 Å². The van der Waals surface area contributed by atoms with Crippen LogP contribution in [0.1, 0.15) is 30.0 Å². The lowest BCUT2D eigenvalue weighted by atomic mass is 10.1. The van der Waals surface area contributed by atoms with E-state index in [1.165, 1.54) is 0 Å². The van der Waals surface area contributed by atoms with Crippen LogP contribution in [0.5, 0.6) is 5.75 Å². The highest BCUT2D eigenvalue weighted by atomic mass is 16.5. The zero-order chi connectivity index (χ0) is 15.2. The quantitative estimate of drug-likeness (QED) is 0.501. The standard InChI is InChI=1S/C16H19N3O2/c1-3-13-14(10-9-11(2)18-13)21-15(16(20)19-17)12-7-5-4-6-8-12/h4-10,15H,3,17H2,1-2H3,(H,19,20). The molecule has 0 fully saturated rings. The van der Waals surface area contributed by atoms with Gasteiger partial charge in [-0.2, -0.15) is 0 Å². The third-order valence-electron chi connectivity index (χ3n) is 3.13. The van der Waals surface area contributed by atoms with Crippen LogP contribution in [0.4, 0.5) is 0 Å². The highest BCUT2D eigenvalue weighted by Gasteiger charge is 2.23. The number of nitrogens with one attached hydrogen (secondary N) is 1. The van der Waals surface area contributed by atoms with Gasteiger partial charge < -0.3 is 4.74 Å². The summed E-state index contributed by atoms with van der Waals surface area (Å²) in [7, 11) is 0. The Labute approximate surface area is 124 Å². The molecular weight excluding hydrogens is 266 g/mol. The van der Waals surface area contributed by atoms with Gasteiger partial charge in [-0.05, 0) is 25.5 Å². The number of nitrogens with zero attached hydrogens (tertiary/aromatic N) is 1. The number of rotatable bonds is 5. The summed E-state index contributed by atoms with van der Waals surface area (Å²) >= 11 is 0. The zero-order valence-electron chi connectivity index (χ0n) is 12.2. The maximum absolute atomic E-state index is 12.0. The molecule has 5 nitrogen and oxygen atoms in total. The van der Waals surface area contributed by atoms with E-state index >= 15 is 0 Å². The Morgan fingerprint density at radius 3 is 2.62 bits per heavy atom. The number of benzene rings is 1. The minimum atomic E-state index is -0.800. The second-order valence-electron chi connectivity index (χ2n) is 4.67. The Kier molecular flexibility index (Phi) is 4.90. The van der Waals surface area contributed by atoms with Crippen molar-refractivity contribution < 1.29 is 9.53 Å². The van der Waals surface area contributed by atoms with E-state index < -0.39 is 12.0 Å². The van der Waals surface area contributed by atoms with Gasteiger partial charge in [0.2, 0.25) is 6.10 Å². The number of hydrogen-bond donors (Lipinski definition) is 2. The second kappa shape index (κ2) is 6.85. The predicted octanol–water partition coefficient (Wildman–Crippen LogP) is 2.06. The fourth-order valence-corrected chi connectivity index (χ4v) is 2.06. The molecule has 1 aromatic carbocycles. The Hall–Kier alpha value is -2.40. The van der Waals surface area contributed by atoms with E-state index in [1.807, 2.05) is 56.3 Å². The molecule has 2 aromatic rings. The molecule has 1 aromatic heterocycles. The van der Waals surface area contributed by atoms with Crippen LogP contribution in [0.3, 0.4) is 0 Å². The number of carbonyl (C=O) groups excluding carboxylic acids is 1. The average molecular weight is 285 g/mol. The Bertz CT molecular complexity index is 614. The molecule has 2 rings (SSSR count). The Morgan fingerprint density at radius 2 is 2.00 bits per heavy atom. The summed E-state index contributed by atoms with van der Waals surface area (Å²) in [5.74, 6) is 5.46. The minimum absolute atomic E-state index is 0.399. The molecule has 1 heterocycles. The first-order valence-corrected chi connectivity index (χ1v) is 6.84. The normalized spacial score (nSPS) is 11.8. The van der Waals surface area contributed by atoms with Gasteiger partial charge in [-0.25, -0.2) is 5.84 Å². The van der Waals surface area contributed by atoms with E-state index in [0.29, 0.717) is 5.75 Å². The van der Waals surface area contributed by atoms with E-state index in [4.69, 9.17) is 10.6 Å². The SMILES string of the molecule is CCc1nc(C)ccc1OC(C(=O)NN)c1ccccc1. The van der Waals surface area contributed by atoms with Crippen LogP contribution >= 0.6 is 0 Å². The van der Waals surface area contributed by atoms with E-state index in [0.717, 1.165) is 23.4 Å². The maximum Gasteiger partial charge on any atom is 0.279 e. The van der Waals surface area contributed by atoms with Crippen LogP contribution in [0.2, 0.25) is 0 Å². The maximum atomic E-state index is 12.0. The van der Waals surface area contributed by atoms with E-state index in [-0.39, 0.29) is 0 Å². The number of aryl methyl sites for hydroxylation is 2. The lowest BCUT2D eigenvalue weighted by Gasteiger charge is -2.19. The number of pyridine rings is 1. The molecule has 1 amide bonds. The molecule has 0 bridgehead atoms. The van der Waals surface area contributed by atoms with Crippen molar-refractivity contribution >= 4 is 5.91 Å². The van der Waals surface area contributed by atoms with Gasteiger partial charge >= 0.3 is 0 Å². The second-order valence-corrected chi connectivity index (χ2v) is 4.67. The minimum Gasteiger partial charge on any atom is -0.474 e. The predicted molar refractivity (Wildman–Crippen MR) is 80.5 cm³/mol. The third kappa shape index (κ3) is 3.58. The summed E-state index contributed by atoms with van der Waals surface area (Å²) in [5, 5.41) is 0. The summed E-state index contributed by atoms with van der Waals surface area (Å²) in [6.07, 6.45) is -0.0750. The van der Waals surface area contributed by atoms with Crippen molar-refractivity contribution in [2.75, 3.05) is 0 Å². The first-order chi connectivity index (χ1) is 10.2. The van der Waals surface area contributed by atoms with E-state index in [9.17, 15) is 4.79 Å². The van der Waals surface area contributed by atoms with Gasteiger partial charge in [0.1, 0.15) is 5.75 Å². The lowest BCUT2D eigenvalue weighted by molar-refractivity contribution is -0.128. The van der Waals surface area contributed by atoms with Crippen LogP contribution < -0.4 is 16.0 Å². The molecule has 0 saturated carbocycles. The van der Waals surface area contributed by atoms with Gasteiger partial charge in [-0.1, -0.05) is 37.3 Å². The Balaban J connectivity index is 2.34. The van der Waals surface area contributed by atoms with Crippen molar-refractivity contribution in [2.24, 2.45) is 5.84 Å². The summed E-state index contributed by atoms with van der Waals surface area (Å²) in [6.45, 7) is 3.92. The molecule has 0 aliphatic heterocycles. The van der Waals surface area contributed by atoms with Crippen molar-refractivity contribution in [3.05, 3.63) is 59.4 Å². The van der Waals surface area contributed by atoms with Crippen LogP contribution in [0.25, 0.3) is 0 Å². The van der Waals surface area contributed by atoms with Crippen molar-refractivity contribution in [1.29, 1.82) is 0 Å². The van der Waals surface area contributed by atoms with Gasteiger partial charge in [0, 0.05) is 11.3 Å². The average Bonchev–Trinajstić information content (AvgIpc) is 2.53. The zero-order valence-corrected chi connectivity index (χ0v) is 12.2. The van der Waals surface area contributed by atoms with Gasteiger partial charge in [0.05, 0.1) is 5.69 Å². The molecule has 0 radical (unpaired) electrons. The molecule has 1 unspecified atom stereocenters. The fraction of sp³-hybridized carbons (Fsp3) is 0.250. The number of amides is 1. The molecule has 3 N–H and O–H groups in total. The number of nitrogens with two attached hydrogens (primary N) is 1. The summed E-state index contributed by atoms with van der Waals surface area (Å²) in [4.78, 5) is 16.4. The van der Waals surface area contributed by atoms with Crippen molar-refractivity contribution in [3.63, 3.8) is 0 Å². The van der Waals surface area contributed by atoms with Gasteiger partial charge in [-0.3, -0.25) is 15.2 Å². The largest absolute Gasteiger partial charge is 0.474 e. The first-order valence-electron chi connectivity index (χ1n) is 6.84. The summed E-state index contributed by atoms with van der Waals surface area (Å²) in [6, 6.07) is 12.9. The molecule has 110 valence electrons. The number of ether oxygens (including phenoxy) is 1. The highest BCUT2D eigenvalue weighted by Crippen LogP contribution is 2.25. The highest BCUT2D eigenvalue weighted by molar-refractivity contribution is 5.82. The van der Waals surface area contributed by atoms with Gasteiger partial charge in [0.15, 0.2) is 0 Å². The Morgan fingerprint density at radius 1 is 1.29 bits per heavy atom. The molecule has 1 atom stereocenters. The number of aromatic nitrogens is 1. The summed E-state index contributed by atoms with van der Waals surface area (Å²) in [5.41, 5.74) is 4.62. The van der Waals surface area contributed by atoms with Gasteiger partial charge in [0.25, 0.3) is 5.91 Å². The third-order valence-corrected chi connectivity index (χ3v) is 3.13. The van der Waals surface area contributed by atoms with Crippen LogP contribution in [-0.4, -0.2) is 10.9 Å². The molecule has 0 aliphatic rings. The molecule has 21 heavy (non-hydrogen) atoms. The monoisotopic (exact) mass is 285 g/mol. The number of hydrazine groups is 1. The van der Waals surface area contributed by atoms with E-state index in [1.54, 1.807) is 0 Å². The molecule has 0 aliphatic carbocycles.